The highest BCUT2D eigenvalue weighted by molar-refractivity contribution is 7.14. The molecule has 0 amide bonds. The maximum Gasteiger partial charge on any atom is 0.270 e. The van der Waals surface area contributed by atoms with Gasteiger partial charge in [0.1, 0.15) is 0 Å². The topological polar surface area (TPSA) is 77.3 Å². The second-order valence-electron chi connectivity index (χ2n) is 4.35. The molecule has 0 fully saturated rings. The predicted molar refractivity (Wildman–Crippen MR) is 79.2 cm³/mol. The van der Waals surface area contributed by atoms with Gasteiger partial charge in [0.25, 0.3) is 5.69 Å². The van der Waals surface area contributed by atoms with E-state index in [4.69, 9.17) is 4.74 Å². The van der Waals surface area contributed by atoms with E-state index in [0.29, 0.717) is 6.61 Å². The summed E-state index contributed by atoms with van der Waals surface area (Å²) in [6, 6.07) is 6.62. The van der Waals surface area contributed by atoms with Gasteiger partial charge in [-0.1, -0.05) is 12.1 Å². The zero-order valence-corrected chi connectivity index (χ0v) is 12.0. The monoisotopic (exact) mass is 293 g/mol. The molecule has 0 saturated heterocycles. The number of benzene rings is 1. The predicted octanol–water partition coefficient (Wildman–Crippen LogP) is 3.17. The fourth-order valence-corrected chi connectivity index (χ4v) is 2.59. The third-order valence-electron chi connectivity index (χ3n) is 2.64. The standard InChI is InChI=1S/C13H15N3O3S/c1-9(7-19-2)14-13-15-12(8-20-13)10-4-3-5-11(6-10)16(17)18/h3-6,8-9H,7H2,1-2H3,(H,14,15). The Bertz CT molecular complexity index is 600. The summed E-state index contributed by atoms with van der Waals surface area (Å²) < 4.78 is 5.05. The second kappa shape index (κ2) is 6.44. The summed E-state index contributed by atoms with van der Waals surface area (Å²) in [7, 11) is 1.65. The maximum atomic E-state index is 10.8. The zero-order chi connectivity index (χ0) is 14.5. The van der Waals surface area contributed by atoms with Gasteiger partial charge in [-0.3, -0.25) is 10.1 Å². The number of nitro groups is 1. The Morgan fingerprint density at radius 1 is 1.55 bits per heavy atom. The van der Waals surface area contributed by atoms with E-state index in [2.05, 4.69) is 10.3 Å². The van der Waals surface area contributed by atoms with E-state index in [9.17, 15) is 10.1 Å². The van der Waals surface area contributed by atoms with E-state index >= 15 is 0 Å². The third kappa shape index (κ3) is 3.52. The lowest BCUT2D eigenvalue weighted by molar-refractivity contribution is -0.384. The Morgan fingerprint density at radius 2 is 2.35 bits per heavy atom. The number of anilines is 1. The van der Waals surface area contributed by atoms with Crippen molar-refractivity contribution in [3.63, 3.8) is 0 Å². The van der Waals surface area contributed by atoms with Gasteiger partial charge in [-0.2, -0.15) is 0 Å². The highest BCUT2D eigenvalue weighted by Crippen LogP contribution is 2.27. The number of nitro benzene ring substituents is 1. The van der Waals surface area contributed by atoms with Crippen LogP contribution in [0.25, 0.3) is 11.3 Å². The van der Waals surface area contributed by atoms with Crippen LogP contribution < -0.4 is 5.32 Å². The van der Waals surface area contributed by atoms with Crippen molar-refractivity contribution in [2.75, 3.05) is 19.0 Å². The largest absolute Gasteiger partial charge is 0.383 e. The van der Waals surface area contributed by atoms with Crippen LogP contribution in [0, 0.1) is 10.1 Å². The minimum Gasteiger partial charge on any atom is -0.383 e. The van der Waals surface area contributed by atoms with Gasteiger partial charge in [-0.05, 0) is 6.92 Å². The number of aromatic nitrogens is 1. The van der Waals surface area contributed by atoms with Gasteiger partial charge in [0, 0.05) is 36.2 Å². The Balaban J connectivity index is 2.16. The molecule has 0 spiro atoms. The quantitative estimate of drug-likeness (QED) is 0.654. The summed E-state index contributed by atoms with van der Waals surface area (Å²) in [4.78, 5) is 14.8. The highest BCUT2D eigenvalue weighted by atomic mass is 32.1. The summed E-state index contributed by atoms with van der Waals surface area (Å²) in [5.74, 6) is 0. The van der Waals surface area contributed by atoms with Crippen molar-refractivity contribution < 1.29 is 9.66 Å². The molecule has 7 heteroatoms. The Hall–Kier alpha value is -1.99. The van der Waals surface area contributed by atoms with Crippen molar-refractivity contribution in [2.45, 2.75) is 13.0 Å². The molecule has 0 aliphatic rings. The first-order valence-corrected chi connectivity index (χ1v) is 6.94. The molecule has 20 heavy (non-hydrogen) atoms. The molecule has 2 rings (SSSR count). The van der Waals surface area contributed by atoms with E-state index in [1.165, 1.54) is 23.5 Å². The Labute approximate surface area is 120 Å². The van der Waals surface area contributed by atoms with E-state index in [0.717, 1.165) is 16.4 Å². The Morgan fingerprint density at radius 3 is 3.05 bits per heavy atom. The Kier molecular flexibility index (Phi) is 4.65. The molecule has 1 atom stereocenters. The lowest BCUT2D eigenvalue weighted by atomic mass is 10.1. The summed E-state index contributed by atoms with van der Waals surface area (Å²) in [6.45, 7) is 2.59. The van der Waals surface area contributed by atoms with Gasteiger partial charge in [-0.25, -0.2) is 4.98 Å². The molecular formula is C13H15N3O3S. The lowest BCUT2D eigenvalue weighted by Gasteiger charge is -2.10. The summed E-state index contributed by atoms with van der Waals surface area (Å²) in [5.41, 5.74) is 1.53. The van der Waals surface area contributed by atoms with E-state index in [1.807, 2.05) is 18.4 Å². The second-order valence-corrected chi connectivity index (χ2v) is 5.20. The van der Waals surface area contributed by atoms with Gasteiger partial charge >= 0.3 is 0 Å². The molecule has 6 nitrogen and oxygen atoms in total. The SMILES string of the molecule is COCC(C)Nc1nc(-c2cccc([N+](=O)[O-])c2)cs1. The van der Waals surface area contributed by atoms with Crippen LogP contribution in [-0.4, -0.2) is 29.7 Å². The number of ether oxygens (including phenoxy) is 1. The van der Waals surface area contributed by atoms with Crippen LogP contribution in [0.1, 0.15) is 6.92 Å². The number of hydrogen-bond acceptors (Lipinski definition) is 6. The molecule has 0 aliphatic heterocycles. The van der Waals surface area contributed by atoms with Crippen molar-refractivity contribution in [3.05, 3.63) is 39.8 Å². The fourth-order valence-electron chi connectivity index (χ4n) is 1.75. The lowest BCUT2D eigenvalue weighted by Crippen LogP contribution is -2.20. The number of methoxy groups -OCH3 is 1. The third-order valence-corrected chi connectivity index (χ3v) is 3.42. The highest BCUT2D eigenvalue weighted by Gasteiger charge is 2.11. The number of rotatable bonds is 6. The van der Waals surface area contributed by atoms with E-state index < -0.39 is 4.92 Å². The van der Waals surface area contributed by atoms with Gasteiger partial charge in [0.05, 0.1) is 17.2 Å². The van der Waals surface area contributed by atoms with Crippen molar-refractivity contribution in [1.29, 1.82) is 0 Å². The van der Waals surface area contributed by atoms with Crippen molar-refractivity contribution in [1.82, 2.24) is 4.98 Å². The smallest absolute Gasteiger partial charge is 0.270 e. The number of thiazole rings is 1. The molecule has 1 unspecified atom stereocenters. The average Bonchev–Trinajstić information content (AvgIpc) is 2.87. The fraction of sp³-hybridized carbons (Fsp3) is 0.308. The van der Waals surface area contributed by atoms with E-state index in [1.54, 1.807) is 13.2 Å². The molecule has 0 saturated carbocycles. The van der Waals surface area contributed by atoms with Gasteiger partial charge < -0.3 is 10.1 Å². The molecule has 1 aromatic carbocycles. The minimum absolute atomic E-state index is 0.0674. The van der Waals surface area contributed by atoms with Crippen LogP contribution in [0.4, 0.5) is 10.8 Å². The van der Waals surface area contributed by atoms with Crippen molar-refractivity contribution >= 4 is 22.2 Å². The first-order valence-electron chi connectivity index (χ1n) is 6.06. The number of hydrogen-bond donors (Lipinski definition) is 1. The van der Waals surface area contributed by atoms with Gasteiger partial charge in [0.2, 0.25) is 0 Å². The summed E-state index contributed by atoms with van der Waals surface area (Å²) in [6.07, 6.45) is 0. The number of nitrogens with one attached hydrogen (secondary N) is 1. The van der Waals surface area contributed by atoms with Crippen LogP contribution in [-0.2, 0) is 4.74 Å². The van der Waals surface area contributed by atoms with Crippen LogP contribution >= 0.6 is 11.3 Å². The van der Waals surface area contributed by atoms with Gasteiger partial charge in [0.15, 0.2) is 5.13 Å². The molecular weight excluding hydrogens is 278 g/mol. The molecule has 0 bridgehead atoms. The van der Waals surface area contributed by atoms with Crippen molar-refractivity contribution in [2.24, 2.45) is 0 Å². The summed E-state index contributed by atoms with van der Waals surface area (Å²) >= 11 is 1.47. The normalized spacial score (nSPS) is 12.1. The number of non-ortho nitro benzene ring substituents is 1. The maximum absolute atomic E-state index is 10.8. The van der Waals surface area contributed by atoms with Crippen molar-refractivity contribution in [3.8, 4) is 11.3 Å². The summed E-state index contributed by atoms with van der Waals surface area (Å²) in [5, 5.41) is 16.6. The first-order chi connectivity index (χ1) is 9.60. The van der Waals surface area contributed by atoms with Gasteiger partial charge in [-0.15, -0.1) is 11.3 Å². The molecule has 0 radical (unpaired) electrons. The zero-order valence-electron chi connectivity index (χ0n) is 11.2. The van der Waals surface area contributed by atoms with Crippen LogP contribution in [0.3, 0.4) is 0 Å². The first kappa shape index (κ1) is 14.4. The molecule has 1 N–H and O–H groups in total. The van der Waals surface area contributed by atoms with Crippen LogP contribution in [0.2, 0.25) is 0 Å². The average molecular weight is 293 g/mol. The van der Waals surface area contributed by atoms with E-state index in [-0.39, 0.29) is 11.7 Å². The minimum atomic E-state index is -0.407. The molecule has 2 aromatic rings. The number of nitrogens with zero attached hydrogens (tertiary/aromatic N) is 2. The molecule has 106 valence electrons. The van der Waals surface area contributed by atoms with Crippen LogP contribution in [0.5, 0.6) is 0 Å². The molecule has 1 aromatic heterocycles. The molecule has 0 aliphatic carbocycles. The van der Waals surface area contributed by atoms with Crippen LogP contribution in [0.15, 0.2) is 29.6 Å². The molecule has 1 heterocycles.